The highest BCUT2D eigenvalue weighted by atomic mass is 15.2. The van der Waals surface area contributed by atoms with Crippen molar-refractivity contribution >= 4 is 5.69 Å². The number of benzene rings is 1. The summed E-state index contributed by atoms with van der Waals surface area (Å²) in [7, 11) is 0. The predicted molar refractivity (Wildman–Crippen MR) is 76.2 cm³/mol. The molecule has 1 fully saturated rings. The number of fused-ring (bicyclic) bond motifs is 1. The Morgan fingerprint density at radius 2 is 1.78 bits per heavy atom. The number of anilines is 1. The average molecular weight is 245 g/mol. The fourth-order valence-corrected chi connectivity index (χ4v) is 3.14. The Labute approximate surface area is 110 Å². The Kier molecular flexibility index (Phi) is 3.27. The Hall–Kier alpha value is -1.06. The highest BCUT2D eigenvalue weighted by molar-refractivity contribution is 5.58. The molecule has 1 atom stereocenters. The van der Waals surface area contributed by atoms with Crippen LogP contribution in [0.1, 0.15) is 29.2 Å². The third-order valence-electron chi connectivity index (χ3n) is 4.35. The summed E-state index contributed by atoms with van der Waals surface area (Å²) in [5.41, 5.74) is 5.67. The van der Waals surface area contributed by atoms with Crippen LogP contribution in [0.4, 0.5) is 5.69 Å². The molecule has 3 heteroatoms. The lowest BCUT2D eigenvalue weighted by atomic mass is 9.92. The first-order chi connectivity index (χ1) is 8.75. The zero-order valence-electron chi connectivity index (χ0n) is 11.4. The van der Waals surface area contributed by atoms with Crippen molar-refractivity contribution in [3.63, 3.8) is 0 Å². The van der Waals surface area contributed by atoms with Gasteiger partial charge in [-0.2, -0.15) is 0 Å². The highest BCUT2D eigenvalue weighted by Crippen LogP contribution is 2.35. The van der Waals surface area contributed by atoms with Crippen LogP contribution >= 0.6 is 0 Å². The number of nitrogens with zero attached hydrogens (tertiary/aromatic N) is 1. The highest BCUT2D eigenvalue weighted by Gasteiger charge is 2.27. The molecule has 0 aromatic heterocycles. The molecule has 2 aliphatic heterocycles. The van der Waals surface area contributed by atoms with E-state index in [4.69, 9.17) is 0 Å². The van der Waals surface area contributed by atoms with Crippen LogP contribution in [0, 0.1) is 13.8 Å². The van der Waals surface area contributed by atoms with Gasteiger partial charge in [-0.3, -0.25) is 4.90 Å². The summed E-state index contributed by atoms with van der Waals surface area (Å²) < 4.78 is 0. The molecule has 3 rings (SSSR count). The van der Waals surface area contributed by atoms with Gasteiger partial charge in [0.25, 0.3) is 0 Å². The zero-order chi connectivity index (χ0) is 12.5. The van der Waals surface area contributed by atoms with Crippen molar-refractivity contribution < 1.29 is 0 Å². The van der Waals surface area contributed by atoms with Gasteiger partial charge < -0.3 is 10.6 Å². The van der Waals surface area contributed by atoms with Crippen LogP contribution in [0.25, 0.3) is 0 Å². The number of aryl methyl sites for hydroxylation is 2. The lowest BCUT2D eigenvalue weighted by Crippen LogP contribution is -2.46. The van der Waals surface area contributed by atoms with E-state index in [1.807, 2.05) is 0 Å². The van der Waals surface area contributed by atoms with Crippen molar-refractivity contribution in [3.05, 3.63) is 28.8 Å². The van der Waals surface area contributed by atoms with E-state index < -0.39 is 0 Å². The van der Waals surface area contributed by atoms with Crippen molar-refractivity contribution in [2.24, 2.45) is 0 Å². The maximum Gasteiger partial charge on any atom is 0.0391 e. The molecular formula is C15H23N3. The van der Waals surface area contributed by atoms with E-state index in [-0.39, 0.29) is 0 Å². The summed E-state index contributed by atoms with van der Waals surface area (Å²) in [5, 5.41) is 7.00. The largest absolute Gasteiger partial charge is 0.385 e. The Morgan fingerprint density at radius 3 is 2.56 bits per heavy atom. The summed E-state index contributed by atoms with van der Waals surface area (Å²) in [6.45, 7) is 10.1. The summed E-state index contributed by atoms with van der Waals surface area (Å²) >= 11 is 0. The molecule has 0 radical (unpaired) electrons. The van der Waals surface area contributed by atoms with E-state index in [1.54, 1.807) is 0 Å². The molecule has 1 aromatic rings. The number of nitrogens with one attached hydrogen (secondary N) is 2. The smallest absolute Gasteiger partial charge is 0.0391 e. The second-order valence-electron chi connectivity index (χ2n) is 5.54. The van der Waals surface area contributed by atoms with Gasteiger partial charge in [-0.05, 0) is 43.0 Å². The first kappa shape index (κ1) is 12.0. The second-order valence-corrected chi connectivity index (χ2v) is 5.54. The van der Waals surface area contributed by atoms with Gasteiger partial charge >= 0.3 is 0 Å². The number of hydrogen-bond donors (Lipinski definition) is 2. The third-order valence-corrected chi connectivity index (χ3v) is 4.35. The third kappa shape index (κ3) is 2.13. The predicted octanol–water partition coefficient (Wildman–Crippen LogP) is 2.07. The van der Waals surface area contributed by atoms with Gasteiger partial charge in [0.1, 0.15) is 0 Å². The Morgan fingerprint density at radius 1 is 1.06 bits per heavy atom. The van der Waals surface area contributed by atoms with Crippen molar-refractivity contribution in [2.45, 2.75) is 26.3 Å². The van der Waals surface area contributed by atoms with Crippen LogP contribution in [0.15, 0.2) is 12.1 Å². The Bertz CT molecular complexity index is 436. The minimum Gasteiger partial charge on any atom is -0.385 e. The summed E-state index contributed by atoms with van der Waals surface area (Å²) in [6.07, 6.45) is 1.23. The van der Waals surface area contributed by atoms with E-state index >= 15 is 0 Å². The minimum absolute atomic E-state index is 0.614. The number of rotatable bonds is 1. The van der Waals surface area contributed by atoms with Crippen molar-refractivity contribution in [2.75, 3.05) is 38.0 Å². The lowest BCUT2D eigenvalue weighted by Gasteiger charge is -2.39. The summed E-state index contributed by atoms with van der Waals surface area (Å²) in [4.78, 5) is 2.64. The van der Waals surface area contributed by atoms with E-state index in [9.17, 15) is 0 Å². The maximum absolute atomic E-state index is 3.56. The SMILES string of the molecule is Cc1cc2c(cc1C)C(N1CCNCC1)CCN2. The van der Waals surface area contributed by atoms with Crippen LogP contribution in [0.5, 0.6) is 0 Å². The van der Waals surface area contributed by atoms with Crippen molar-refractivity contribution in [1.29, 1.82) is 0 Å². The second kappa shape index (κ2) is 4.90. The van der Waals surface area contributed by atoms with Crippen LogP contribution in [0.3, 0.4) is 0 Å². The van der Waals surface area contributed by atoms with Gasteiger partial charge in [0.15, 0.2) is 0 Å². The monoisotopic (exact) mass is 245 g/mol. The molecule has 2 aliphatic rings. The van der Waals surface area contributed by atoms with Crippen LogP contribution in [-0.2, 0) is 0 Å². The molecule has 2 N–H and O–H groups in total. The molecule has 3 nitrogen and oxygen atoms in total. The van der Waals surface area contributed by atoms with Gasteiger partial charge in [-0.1, -0.05) is 6.07 Å². The quantitative estimate of drug-likeness (QED) is 0.793. The fourth-order valence-electron chi connectivity index (χ4n) is 3.14. The van der Waals surface area contributed by atoms with E-state index in [2.05, 4.69) is 41.5 Å². The minimum atomic E-state index is 0.614. The zero-order valence-corrected chi connectivity index (χ0v) is 11.4. The molecule has 0 amide bonds. The van der Waals surface area contributed by atoms with Gasteiger partial charge in [0.2, 0.25) is 0 Å². The molecule has 0 saturated carbocycles. The molecule has 1 saturated heterocycles. The first-order valence-corrected chi connectivity index (χ1v) is 7.05. The molecule has 18 heavy (non-hydrogen) atoms. The fraction of sp³-hybridized carbons (Fsp3) is 0.600. The van der Waals surface area contributed by atoms with Gasteiger partial charge in [-0.25, -0.2) is 0 Å². The normalized spacial score (nSPS) is 24.4. The van der Waals surface area contributed by atoms with Crippen molar-refractivity contribution in [3.8, 4) is 0 Å². The lowest BCUT2D eigenvalue weighted by molar-refractivity contribution is 0.166. The van der Waals surface area contributed by atoms with E-state index in [1.165, 1.54) is 41.9 Å². The molecular weight excluding hydrogens is 222 g/mol. The van der Waals surface area contributed by atoms with Crippen LogP contribution < -0.4 is 10.6 Å². The van der Waals surface area contributed by atoms with E-state index in [0.717, 1.165) is 19.6 Å². The van der Waals surface area contributed by atoms with E-state index in [0.29, 0.717) is 6.04 Å². The van der Waals surface area contributed by atoms with Crippen LogP contribution in [0.2, 0.25) is 0 Å². The van der Waals surface area contributed by atoms with Gasteiger partial charge in [0.05, 0.1) is 0 Å². The molecule has 0 spiro atoms. The molecule has 98 valence electrons. The maximum atomic E-state index is 3.56. The first-order valence-electron chi connectivity index (χ1n) is 7.05. The number of piperazine rings is 1. The topological polar surface area (TPSA) is 27.3 Å². The molecule has 0 bridgehead atoms. The van der Waals surface area contributed by atoms with Crippen LogP contribution in [-0.4, -0.2) is 37.6 Å². The Balaban J connectivity index is 1.92. The molecule has 2 heterocycles. The number of hydrogen-bond acceptors (Lipinski definition) is 3. The average Bonchev–Trinajstić information content (AvgIpc) is 2.40. The standard InChI is InChI=1S/C15H23N3/c1-11-9-13-14(10-12(11)2)17-4-3-15(13)18-7-5-16-6-8-18/h9-10,15-17H,3-8H2,1-2H3. The molecule has 1 unspecified atom stereocenters. The molecule has 0 aliphatic carbocycles. The van der Waals surface area contributed by atoms with Gasteiger partial charge in [-0.15, -0.1) is 0 Å². The van der Waals surface area contributed by atoms with Gasteiger partial charge in [0, 0.05) is 44.5 Å². The van der Waals surface area contributed by atoms with Crippen molar-refractivity contribution in [1.82, 2.24) is 10.2 Å². The molecule has 1 aromatic carbocycles. The summed E-state index contributed by atoms with van der Waals surface area (Å²) in [6, 6.07) is 5.32. The summed E-state index contributed by atoms with van der Waals surface area (Å²) in [5.74, 6) is 0.